The minimum absolute atomic E-state index is 0.153. The van der Waals surface area contributed by atoms with Gasteiger partial charge in [0.1, 0.15) is 5.82 Å². The number of anilines is 1. The van der Waals surface area contributed by atoms with Crippen molar-refractivity contribution in [1.82, 2.24) is 15.2 Å². The number of hydrogen-bond donors (Lipinski definition) is 1. The number of hydrogen-bond acceptors (Lipinski definition) is 5. The van der Waals surface area contributed by atoms with Crippen LogP contribution in [-0.4, -0.2) is 34.9 Å². The summed E-state index contributed by atoms with van der Waals surface area (Å²) in [5.41, 5.74) is 0. The number of nitrogens with one attached hydrogen (secondary N) is 1. The summed E-state index contributed by atoms with van der Waals surface area (Å²) in [6.45, 7) is 4.26. The van der Waals surface area contributed by atoms with Crippen molar-refractivity contribution in [3.8, 4) is 0 Å². The maximum Gasteiger partial charge on any atom is 0.244 e. The molecule has 14 heavy (non-hydrogen) atoms. The Balaban J connectivity index is 2.18. The molecule has 0 saturated heterocycles. The van der Waals surface area contributed by atoms with Crippen molar-refractivity contribution in [2.75, 3.05) is 25.1 Å². The number of halogens is 1. The van der Waals surface area contributed by atoms with Crippen molar-refractivity contribution in [3.05, 3.63) is 11.5 Å². The SMILES string of the molecule is CCOCCCNc1cnnc(Cl)n1. The Morgan fingerprint density at radius 3 is 3.14 bits per heavy atom. The van der Waals surface area contributed by atoms with Crippen LogP contribution in [0.3, 0.4) is 0 Å². The zero-order chi connectivity index (χ0) is 10.2. The highest BCUT2D eigenvalue weighted by Gasteiger charge is 1.96. The zero-order valence-corrected chi connectivity index (χ0v) is 8.79. The summed E-state index contributed by atoms with van der Waals surface area (Å²) in [4.78, 5) is 3.93. The van der Waals surface area contributed by atoms with E-state index in [2.05, 4.69) is 20.5 Å². The Hall–Kier alpha value is -0.940. The molecule has 0 saturated carbocycles. The summed E-state index contributed by atoms with van der Waals surface area (Å²) < 4.78 is 5.18. The van der Waals surface area contributed by atoms with Gasteiger partial charge in [-0.2, -0.15) is 10.1 Å². The fourth-order valence-corrected chi connectivity index (χ4v) is 1.04. The van der Waals surface area contributed by atoms with Gasteiger partial charge in [-0.05, 0) is 24.9 Å². The second-order valence-corrected chi connectivity index (χ2v) is 2.93. The molecule has 0 aliphatic rings. The van der Waals surface area contributed by atoms with Gasteiger partial charge in [0.25, 0.3) is 0 Å². The molecule has 1 N–H and O–H groups in total. The van der Waals surface area contributed by atoms with E-state index in [1.54, 1.807) is 0 Å². The van der Waals surface area contributed by atoms with E-state index < -0.39 is 0 Å². The molecule has 0 fully saturated rings. The van der Waals surface area contributed by atoms with Crippen molar-refractivity contribution in [3.63, 3.8) is 0 Å². The third-order valence-corrected chi connectivity index (χ3v) is 1.67. The molecule has 0 amide bonds. The van der Waals surface area contributed by atoms with Gasteiger partial charge < -0.3 is 10.1 Å². The highest BCUT2D eigenvalue weighted by molar-refractivity contribution is 6.28. The molecule has 0 aliphatic carbocycles. The Kier molecular flexibility index (Phi) is 5.17. The van der Waals surface area contributed by atoms with Crippen molar-refractivity contribution in [1.29, 1.82) is 0 Å². The first-order valence-electron chi connectivity index (χ1n) is 4.49. The molecule has 1 rings (SSSR count). The van der Waals surface area contributed by atoms with E-state index in [-0.39, 0.29) is 5.28 Å². The van der Waals surface area contributed by atoms with Crippen LogP contribution in [0.1, 0.15) is 13.3 Å². The monoisotopic (exact) mass is 216 g/mol. The third-order valence-electron chi connectivity index (χ3n) is 1.51. The highest BCUT2D eigenvalue weighted by atomic mass is 35.5. The van der Waals surface area contributed by atoms with Crippen molar-refractivity contribution < 1.29 is 4.74 Å². The topological polar surface area (TPSA) is 59.9 Å². The van der Waals surface area contributed by atoms with Gasteiger partial charge in [-0.25, -0.2) is 0 Å². The normalized spacial score (nSPS) is 10.1. The van der Waals surface area contributed by atoms with Gasteiger partial charge in [0.05, 0.1) is 6.20 Å². The Morgan fingerprint density at radius 2 is 2.43 bits per heavy atom. The molecule has 1 heterocycles. The van der Waals surface area contributed by atoms with E-state index in [1.165, 1.54) is 6.20 Å². The van der Waals surface area contributed by atoms with Gasteiger partial charge in [0.2, 0.25) is 5.28 Å². The standard InChI is InChI=1S/C8H13ClN4O/c1-2-14-5-3-4-10-7-6-11-13-8(9)12-7/h6H,2-5H2,1H3,(H,10,12,13). The van der Waals surface area contributed by atoms with Crippen LogP contribution in [-0.2, 0) is 4.74 Å². The van der Waals surface area contributed by atoms with Crippen LogP contribution < -0.4 is 5.32 Å². The van der Waals surface area contributed by atoms with Crippen LogP contribution in [0.25, 0.3) is 0 Å². The largest absolute Gasteiger partial charge is 0.382 e. The average Bonchev–Trinajstić information content (AvgIpc) is 2.18. The second-order valence-electron chi connectivity index (χ2n) is 2.59. The van der Waals surface area contributed by atoms with E-state index >= 15 is 0 Å². The number of ether oxygens (including phenoxy) is 1. The van der Waals surface area contributed by atoms with Gasteiger partial charge in [-0.15, -0.1) is 5.10 Å². The lowest BCUT2D eigenvalue weighted by molar-refractivity contribution is 0.147. The van der Waals surface area contributed by atoms with Crippen molar-refractivity contribution in [2.45, 2.75) is 13.3 Å². The van der Waals surface area contributed by atoms with Crippen LogP contribution in [0.5, 0.6) is 0 Å². The number of aromatic nitrogens is 3. The highest BCUT2D eigenvalue weighted by Crippen LogP contribution is 2.03. The minimum atomic E-state index is 0.153. The quantitative estimate of drug-likeness (QED) is 0.728. The Morgan fingerprint density at radius 1 is 1.57 bits per heavy atom. The van der Waals surface area contributed by atoms with Gasteiger partial charge in [-0.3, -0.25) is 0 Å². The van der Waals surface area contributed by atoms with Crippen LogP contribution in [0.4, 0.5) is 5.82 Å². The molecule has 6 heteroatoms. The van der Waals surface area contributed by atoms with Crippen molar-refractivity contribution >= 4 is 17.4 Å². The van der Waals surface area contributed by atoms with Crippen molar-refractivity contribution in [2.24, 2.45) is 0 Å². The van der Waals surface area contributed by atoms with E-state index in [1.807, 2.05) is 6.92 Å². The first kappa shape index (κ1) is 11.1. The summed E-state index contributed by atoms with van der Waals surface area (Å²) in [5.74, 6) is 0.640. The molecule has 1 aromatic heterocycles. The van der Waals surface area contributed by atoms with E-state index in [0.29, 0.717) is 5.82 Å². The molecular weight excluding hydrogens is 204 g/mol. The molecule has 0 unspecified atom stereocenters. The predicted octanol–water partition coefficient (Wildman–Crippen LogP) is 1.36. The summed E-state index contributed by atoms with van der Waals surface area (Å²) >= 11 is 5.56. The summed E-state index contributed by atoms with van der Waals surface area (Å²) in [6.07, 6.45) is 2.46. The molecule has 0 bridgehead atoms. The maximum atomic E-state index is 5.56. The molecule has 1 aromatic rings. The predicted molar refractivity (Wildman–Crippen MR) is 54.4 cm³/mol. The van der Waals surface area contributed by atoms with Crippen LogP contribution in [0.2, 0.25) is 5.28 Å². The first-order valence-corrected chi connectivity index (χ1v) is 4.87. The summed E-state index contributed by atoms with van der Waals surface area (Å²) in [6, 6.07) is 0. The first-order chi connectivity index (χ1) is 6.83. The van der Waals surface area contributed by atoms with E-state index in [0.717, 1.165) is 26.2 Å². The molecular formula is C8H13ClN4O. The van der Waals surface area contributed by atoms with Crippen LogP contribution in [0, 0.1) is 0 Å². The van der Waals surface area contributed by atoms with E-state index in [9.17, 15) is 0 Å². The van der Waals surface area contributed by atoms with Crippen LogP contribution in [0.15, 0.2) is 6.20 Å². The molecule has 0 spiro atoms. The summed E-state index contributed by atoms with van der Waals surface area (Å²) in [7, 11) is 0. The summed E-state index contributed by atoms with van der Waals surface area (Å²) in [5, 5.41) is 10.4. The molecule has 5 nitrogen and oxygen atoms in total. The number of nitrogens with zero attached hydrogens (tertiary/aromatic N) is 3. The lowest BCUT2D eigenvalue weighted by Crippen LogP contribution is -2.07. The van der Waals surface area contributed by atoms with Gasteiger partial charge in [-0.1, -0.05) is 0 Å². The maximum absolute atomic E-state index is 5.56. The van der Waals surface area contributed by atoms with E-state index in [4.69, 9.17) is 16.3 Å². The van der Waals surface area contributed by atoms with Gasteiger partial charge in [0, 0.05) is 19.8 Å². The lowest BCUT2D eigenvalue weighted by atomic mass is 10.4. The second kappa shape index (κ2) is 6.50. The zero-order valence-electron chi connectivity index (χ0n) is 8.03. The van der Waals surface area contributed by atoms with Crippen LogP contribution >= 0.6 is 11.6 Å². The average molecular weight is 217 g/mol. The molecule has 78 valence electrons. The molecule has 0 radical (unpaired) electrons. The smallest absolute Gasteiger partial charge is 0.244 e. The Labute approximate surface area is 87.9 Å². The fraction of sp³-hybridized carbons (Fsp3) is 0.625. The fourth-order valence-electron chi connectivity index (χ4n) is 0.902. The van der Waals surface area contributed by atoms with Gasteiger partial charge in [0.15, 0.2) is 0 Å². The third kappa shape index (κ3) is 4.34. The minimum Gasteiger partial charge on any atom is -0.382 e. The van der Waals surface area contributed by atoms with Gasteiger partial charge >= 0.3 is 0 Å². The molecule has 0 atom stereocenters. The number of rotatable bonds is 6. The Bertz CT molecular complexity index is 271. The molecule has 0 aromatic carbocycles. The lowest BCUT2D eigenvalue weighted by Gasteiger charge is -2.04. The molecule has 0 aliphatic heterocycles.